The Bertz CT molecular complexity index is 971. The van der Waals surface area contributed by atoms with Crippen LogP contribution < -0.4 is 5.32 Å². The summed E-state index contributed by atoms with van der Waals surface area (Å²) in [6, 6.07) is 11.6. The van der Waals surface area contributed by atoms with Crippen LogP contribution in [0.2, 0.25) is 0 Å². The van der Waals surface area contributed by atoms with Crippen molar-refractivity contribution < 1.29 is 18.0 Å². The smallest absolute Gasteiger partial charge is 0.274 e. The summed E-state index contributed by atoms with van der Waals surface area (Å²) in [4.78, 5) is 30.6. The number of carbonyl (C=O) groups is 2. The number of nitrogens with zero attached hydrogens (tertiary/aromatic N) is 2. The number of aryl methyl sites for hydroxylation is 1. The van der Waals surface area contributed by atoms with E-state index < -0.39 is 21.7 Å². The van der Waals surface area contributed by atoms with Crippen molar-refractivity contribution >= 4 is 27.3 Å². The Balaban J connectivity index is 1.73. The first kappa shape index (κ1) is 19.0. The first-order valence-electron chi connectivity index (χ1n) is 8.58. The van der Waals surface area contributed by atoms with Gasteiger partial charge in [-0.15, -0.1) is 0 Å². The summed E-state index contributed by atoms with van der Waals surface area (Å²) in [7, 11) is -1.53. The fraction of sp³-hybridized carbons (Fsp3) is 0.316. The number of nitrogens with one attached hydrogen (secondary N) is 1. The van der Waals surface area contributed by atoms with Crippen LogP contribution in [0.3, 0.4) is 0 Å². The van der Waals surface area contributed by atoms with Gasteiger partial charge in [0, 0.05) is 18.8 Å². The van der Waals surface area contributed by atoms with Gasteiger partial charge in [-0.25, -0.2) is 13.4 Å². The molecule has 1 atom stereocenters. The summed E-state index contributed by atoms with van der Waals surface area (Å²) >= 11 is 0. The molecule has 27 heavy (non-hydrogen) atoms. The standard InChI is InChI=1S/C19H21N3O4S/c1-13-6-8-14(9-7-13)20-18(23)16-4-3-5-17(21-16)19(24)22(2)15-10-11-27(25,26)12-15/h3-9,15H,10-12H2,1-2H3,(H,20,23). The van der Waals surface area contributed by atoms with E-state index in [4.69, 9.17) is 0 Å². The third-order valence-electron chi connectivity index (χ3n) is 4.59. The molecule has 0 radical (unpaired) electrons. The van der Waals surface area contributed by atoms with E-state index in [1.807, 2.05) is 19.1 Å². The van der Waals surface area contributed by atoms with Crippen LogP contribution in [0.1, 0.15) is 33.0 Å². The van der Waals surface area contributed by atoms with E-state index >= 15 is 0 Å². The van der Waals surface area contributed by atoms with Crippen molar-refractivity contribution in [1.82, 2.24) is 9.88 Å². The highest BCUT2D eigenvalue weighted by Gasteiger charge is 2.33. The van der Waals surface area contributed by atoms with Crippen LogP contribution >= 0.6 is 0 Å². The van der Waals surface area contributed by atoms with E-state index in [1.165, 1.54) is 17.0 Å². The molecular weight excluding hydrogens is 366 g/mol. The van der Waals surface area contributed by atoms with Gasteiger partial charge in [0.15, 0.2) is 9.84 Å². The molecule has 1 saturated heterocycles. The molecule has 1 aromatic heterocycles. The first-order valence-corrected chi connectivity index (χ1v) is 10.4. The maximum atomic E-state index is 12.7. The number of hydrogen-bond donors (Lipinski definition) is 1. The molecule has 2 heterocycles. The quantitative estimate of drug-likeness (QED) is 0.864. The second-order valence-corrected chi connectivity index (χ2v) is 8.93. The Morgan fingerprint density at radius 3 is 2.41 bits per heavy atom. The van der Waals surface area contributed by atoms with Gasteiger partial charge in [-0.1, -0.05) is 23.8 Å². The average molecular weight is 387 g/mol. The molecule has 1 N–H and O–H groups in total. The molecule has 3 rings (SSSR count). The predicted octanol–water partition coefficient (Wildman–Crippen LogP) is 1.90. The number of carbonyl (C=O) groups excluding carboxylic acids is 2. The lowest BCUT2D eigenvalue weighted by atomic mass is 10.2. The van der Waals surface area contributed by atoms with Gasteiger partial charge in [-0.05, 0) is 37.6 Å². The molecule has 0 bridgehead atoms. The minimum absolute atomic E-state index is 0.0388. The Morgan fingerprint density at radius 1 is 1.11 bits per heavy atom. The number of pyridine rings is 1. The number of benzene rings is 1. The van der Waals surface area contributed by atoms with Gasteiger partial charge in [0.2, 0.25) is 0 Å². The third kappa shape index (κ3) is 4.51. The molecule has 0 spiro atoms. The summed E-state index contributed by atoms with van der Waals surface area (Å²) in [5, 5.41) is 2.74. The van der Waals surface area contributed by atoms with Gasteiger partial charge in [0.05, 0.1) is 11.5 Å². The second-order valence-electron chi connectivity index (χ2n) is 6.70. The second kappa shape index (κ2) is 7.48. The monoisotopic (exact) mass is 387 g/mol. The molecule has 2 aromatic rings. The highest BCUT2D eigenvalue weighted by Crippen LogP contribution is 2.18. The van der Waals surface area contributed by atoms with Gasteiger partial charge in [-0.3, -0.25) is 9.59 Å². The molecular formula is C19H21N3O4S. The molecule has 1 aliphatic rings. The molecule has 1 unspecified atom stereocenters. The Hall–Kier alpha value is -2.74. The minimum Gasteiger partial charge on any atom is -0.336 e. The minimum atomic E-state index is -3.09. The molecule has 8 heteroatoms. The fourth-order valence-corrected chi connectivity index (χ4v) is 4.71. The number of aromatic nitrogens is 1. The van der Waals surface area contributed by atoms with Crippen LogP contribution in [-0.2, 0) is 9.84 Å². The summed E-state index contributed by atoms with van der Waals surface area (Å²) < 4.78 is 23.3. The summed E-state index contributed by atoms with van der Waals surface area (Å²) in [6.45, 7) is 1.95. The van der Waals surface area contributed by atoms with Crippen molar-refractivity contribution in [2.75, 3.05) is 23.9 Å². The van der Waals surface area contributed by atoms with Crippen LogP contribution in [-0.4, -0.2) is 54.7 Å². The van der Waals surface area contributed by atoms with E-state index in [1.54, 1.807) is 25.2 Å². The van der Waals surface area contributed by atoms with Crippen LogP contribution in [0.5, 0.6) is 0 Å². The average Bonchev–Trinajstić information content (AvgIpc) is 3.02. The lowest BCUT2D eigenvalue weighted by molar-refractivity contribution is 0.0741. The van der Waals surface area contributed by atoms with Crippen molar-refractivity contribution in [2.24, 2.45) is 0 Å². The van der Waals surface area contributed by atoms with Crippen LogP contribution in [0.4, 0.5) is 5.69 Å². The molecule has 142 valence electrons. The maximum absolute atomic E-state index is 12.7. The zero-order valence-corrected chi connectivity index (χ0v) is 16.0. The molecule has 1 aromatic carbocycles. The number of sulfone groups is 1. The van der Waals surface area contributed by atoms with Gasteiger partial charge in [0.25, 0.3) is 11.8 Å². The van der Waals surface area contributed by atoms with E-state index in [2.05, 4.69) is 10.3 Å². The van der Waals surface area contributed by atoms with Crippen molar-refractivity contribution in [1.29, 1.82) is 0 Å². The molecule has 1 aliphatic heterocycles. The number of amides is 2. The maximum Gasteiger partial charge on any atom is 0.274 e. The first-order chi connectivity index (χ1) is 12.7. The van der Waals surface area contributed by atoms with Crippen LogP contribution in [0.15, 0.2) is 42.5 Å². The highest BCUT2D eigenvalue weighted by atomic mass is 32.2. The Kier molecular flexibility index (Phi) is 5.27. The predicted molar refractivity (Wildman–Crippen MR) is 103 cm³/mol. The Labute approximate surface area is 158 Å². The molecule has 0 aliphatic carbocycles. The summed E-state index contributed by atoms with van der Waals surface area (Å²) in [6.07, 6.45) is 0.415. The lowest BCUT2D eigenvalue weighted by Crippen LogP contribution is -2.38. The topological polar surface area (TPSA) is 96.4 Å². The molecule has 2 amide bonds. The van der Waals surface area contributed by atoms with Gasteiger partial charge in [-0.2, -0.15) is 0 Å². The SMILES string of the molecule is Cc1ccc(NC(=O)c2cccc(C(=O)N(C)C3CCS(=O)(=O)C3)n2)cc1. The van der Waals surface area contributed by atoms with Gasteiger partial charge < -0.3 is 10.2 Å². The van der Waals surface area contributed by atoms with Gasteiger partial charge >= 0.3 is 0 Å². The van der Waals surface area contributed by atoms with Crippen LogP contribution in [0.25, 0.3) is 0 Å². The van der Waals surface area contributed by atoms with Crippen molar-refractivity contribution in [3.63, 3.8) is 0 Å². The van der Waals surface area contributed by atoms with Gasteiger partial charge in [0.1, 0.15) is 11.4 Å². The highest BCUT2D eigenvalue weighted by molar-refractivity contribution is 7.91. The number of anilines is 1. The Morgan fingerprint density at radius 2 is 1.78 bits per heavy atom. The lowest BCUT2D eigenvalue weighted by Gasteiger charge is -2.23. The van der Waals surface area contributed by atoms with E-state index in [0.29, 0.717) is 12.1 Å². The number of hydrogen-bond acceptors (Lipinski definition) is 5. The van der Waals surface area contributed by atoms with E-state index in [-0.39, 0.29) is 28.9 Å². The summed E-state index contributed by atoms with van der Waals surface area (Å²) in [5.74, 6) is -0.772. The van der Waals surface area contributed by atoms with Crippen molar-refractivity contribution in [3.05, 3.63) is 59.4 Å². The van der Waals surface area contributed by atoms with Crippen LogP contribution in [0, 0.1) is 6.92 Å². The zero-order chi connectivity index (χ0) is 19.6. The fourth-order valence-electron chi connectivity index (χ4n) is 2.94. The van der Waals surface area contributed by atoms with E-state index in [9.17, 15) is 18.0 Å². The molecule has 7 nitrogen and oxygen atoms in total. The molecule has 0 saturated carbocycles. The largest absolute Gasteiger partial charge is 0.336 e. The zero-order valence-electron chi connectivity index (χ0n) is 15.2. The summed E-state index contributed by atoms with van der Waals surface area (Å²) in [5.41, 5.74) is 1.94. The third-order valence-corrected chi connectivity index (χ3v) is 6.34. The normalized spacial score (nSPS) is 18.1. The van der Waals surface area contributed by atoms with Crippen molar-refractivity contribution in [3.8, 4) is 0 Å². The van der Waals surface area contributed by atoms with E-state index in [0.717, 1.165) is 5.56 Å². The van der Waals surface area contributed by atoms with Crippen molar-refractivity contribution in [2.45, 2.75) is 19.4 Å². The number of rotatable bonds is 4. The molecule has 1 fully saturated rings.